The van der Waals surface area contributed by atoms with Crippen LogP contribution in [0.1, 0.15) is 23.5 Å². The first-order valence-corrected chi connectivity index (χ1v) is 8.98. The molecule has 2 aromatic rings. The molecule has 1 aliphatic heterocycles. The molecule has 0 spiro atoms. The van der Waals surface area contributed by atoms with Crippen LogP contribution in [0.3, 0.4) is 0 Å². The lowest BCUT2D eigenvalue weighted by Crippen LogP contribution is -2.36. The molecule has 0 bridgehead atoms. The van der Waals surface area contributed by atoms with Gasteiger partial charge in [-0.2, -0.15) is 0 Å². The minimum atomic E-state index is -0.403. The zero-order valence-corrected chi connectivity index (χ0v) is 14.4. The Morgan fingerprint density at radius 3 is 2.75 bits per heavy atom. The molecule has 1 unspecified atom stereocenters. The molecule has 2 N–H and O–H groups in total. The van der Waals surface area contributed by atoms with Gasteiger partial charge in [-0.15, -0.1) is 11.8 Å². The minimum absolute atomic E-state index is 0.0817. The van der Waals surface area contributed by atoms with Crippen molar-refractivity contribution in [1.29, 1.82) is 0 Å². The van der Waals surface area contributed by atoms with Crippen molar-refractivity contribution in [2.24, 2.45) is 0 Å². The van der Waals surface area contributed by atoms with Crippen LogP contribution in [0.25, 0.3) is 0 Å². The van der Waals surface area contributed by atoms with E-state index in [9.17, 15) is 9.59 Å². The summed E-state index contributed by atoms with van der Waals surface area (Å²) in [7, 11) is 0. The number of hydrogen-bond acceptors (Lipinski definition) is 3. The van der Waals surface area contributed by atoms with Crippen molar-refractivity contribution < 1.29 is 9.59 Å². The highest BCUT2D eigenvalue weighted by atomic mass is 32.2. The molecule has 4 nitrogen and oxygen atoms in total. The number of nitrogens with one attached hydrogen (secondary N) is 2. The maximum Gasteiger partial charge on any atom is 0.228 e. The fourth-order valence-corrected chi connectivity index (χ4v) is 3.51. The fourth-order valence-electron chi connectivity index (χ4n) is 2.75. The largest absolute Gasteiger partial charge is 0.355 e. The highest BCUT2D eigenvalue weighted by Crippen LogP contribution is 2.31. The zero-order valence-electron chi connectivity index (χ0n) is 13.5. The monoisotopic (exact) mass is 340 g/mol. The van der Waals surface area contributed by atoms with Gasteiger partial charge in [-0.1, -0.05) is 35.9 Å². The number of fused-ring (bicyclic) bond motifs is 1. The fraction of sp³-hybridized carbons (Fsp3) is 0.263. The normalized spacial score (nSPS) is 16.2. The number of carbonyl (C=O) groups is 2. The number of carbonyl (C=O) groups excluding carboxylic acids is 2. The Balaban J connectivity index is 1.54. The number of para-hydroxylation sites is 1. The number of amides is 2. The molecule has 0 saturated heterocycles. The predicted molar refractivity (Wildman–Crippen MR) is 97.3 cm³/mol. The summed E-state index contributed by atoms with van der Waals surface area (Å²) in [6.45, 7) is 2.64. The third-order valence-corrected chi connectivity index (χ3v) is 5.02. The first kappa shape index (κ1) is 16.6. The lowest BCUT2D eigenvalue weighted by Gasteiger charge is -2.24. The average Bonchev–Trinajstić information content (AvgIpc) is 2.59. The quantitative estimate of drug-likeness (QED) is 0.648. The van der Waals surface area contributed by atoms with Gasteiger partial charge in [0.1, 0.15) is 0 Å². The van der Waals surface area contributed by atoms with Crippen LogP contribution in [-0.4, -0.2) is 24.1 Å². The Bertz CT molecular complexity index is 743. The molecule has 0 aromatic heterocycles. The van der Waals surface area contributed by atoms with Crippen LogP contribution in [0.5, 0.6) is 0 Å². The lowest BCUT2D eigenvalue weighted by atomic mass is 9.90. The SMILES string of the molecule is Cc1ccc(SCCNC(=O)C2CC(=O)Nc3ccccc32)cc1. The van der Waals surface area contributed by atoms with Crippen molar-refractivity contribution >= 4 is 29.3 Å². The molecule has 0 fully saturated rings. The van der Waals surface area contributed by atoms with Crippen LogP contribution >= 0.6 is 11.8 Å². The molecule has 5 heteroatoms. The van der Waals surface area contributed by atoms with E-state index < -0.39 is 5.92 Å². The molecule has 124 valence electrons. The summed E-state index contributed by atoms with van der Waals surface area (Å²) in [5.41, 5.74) is 2.87. The van der Waals surface area contributed by atoms with E-state index in [2.05, 4.69) is 41.8 Å². The van der Waals surface area contributed by atoms with Crippen LogP contribution in [0, 0.1) is 6.92 Å². The highest BCUT2D eigenvalue weighted by Gasteiger charge is 2.29. The molecule has 2 amide bonds. The van der Waals surface area contributed by atoms with Crippen molar-refractivity contribution in [2.75, 3.05) is 17.6 Å². The first-order chi connectivity index (χ1) is 11.6. The summed E-state index contributed by atoms with van der Waals surface area (Å²) >= 11 is 1.71. The van der Waals surface area contributed by atoms with E-state index >= 15 is 0 Å². The van der Waals surface area contributed by atoms with Gasteiger partial charge in [0.25, 0.3) is 0 Å². The molecular formula is C19H20N2O2S. The Hall–Kier alpha value is -2.27. The smallest absolute Gasteiger partial charge is 0.228 e. The summed E-state index contributed by atoms with van der Waals surface area (Å²) in [5.74, 6) is 0.207. The zero-order chi connectivity index (χ0) is 16.9. The van der Waals surface area contributed by atoms with Crippen molar-refractivity contribution in [3.05, 3.63) is 59.7 Å². The Morgan fingerprint density at radius 1 is 1.21 bits per heavy atom. The molecule has 2 aromatic carbocycles. The van der Waals surface area contributed by atoms with Crippen molar-refractivity contribution in [3.8, 4) is 0 Å². The topological polar surface area (TPSA) is 58.2 Å². The van der Waals surface area contributed by atoms with Crippen LogP contribution in [0.2, 0.25) is 0 Å². The van der Waals surface area contributed by atoms with E-state index in [1.807, 2.05) is 24.3 Å². The number of aryl methyl sites for hydroxylation is 1. The van der Waals surface area contributed by atoms with Gasteiger partial charge in [-0.25, -0.2) is 0 Å². The van der Waals surface area contributed by atoms with Gasteiger partial charge < -0.3 is 10.6 Å². The third-order valence-electron chi connectivity index (χ3n) is 4.01. The number of rotatable bonds is 5. The van der Waals surface area contributed by atoms with Gasteiger partial charge in [0.2, 0.25) is 11.8 Å². The Morgan fingerprint density at radius 2 is 1.96 bits per heavy atom. The van der Waals surface area contributed by atoms with Gasteiger partial charge >= 0.3 is 0 Å². The standard InChI is InChI=1S/C19H20N2O2S/c1-13-6-8-14(9-7-13)24-11-10-20-19(23)16-12-18(22)21-17-5-3-2-4-15(16)17/h2-9,16H,10-12H2,1H3,(H,20,23)(H,21,22). The average molecular weight is 340 g/mol. The van der Waals surface area contributed by atoms with Crippen molar-refractivity contribution in [1.82, 2.24) is 5.32 Å². The van der Waals surface area contributed by atoms with Crippen LogP contribution in [0.4, 0.5) is 5.69 Å². The number of benzene rings is 2. The summed E-state index contributed by atoms with van der Waals surface area (Å²) in [6, 6.07) is 15.8. The van der Waals surface area contributed by atoms with E-state index in [1.165, 1.54) is 10.5 Å². The van der Waals surface area contributed by atoms with E-state index in [-0.39, 0.29) is 18.2 Å². The predicted octanol–water partition coefficient (Wildman–Crippen LogP) is 3.33. The van der Waals surface area contributed by atoms with Gasteiger partial charge in [0, 0.05) is 29.3 Å². The molecule has 1 atom stereocenters. The van der Waals surface area contributed by atoms with Gasteiger partial charge in [-0.05, 0) is 30.7 Å². The Kier molecular flexibility index (Phi) is 5.20. The minimum Gasteiger partial charge on any atom is -0.355 e. The van der Waals surface area contributed by atoms with E-state index in [1.54, 1.807) is 11.8 Å². The van der Waals surface area contributed by atoms with E-state index in [4.69, 9.17) is 0 Å². The van der Waals surface area contributed by atoms with Crippen LogP contribution in [-0.2, 0) is 9.59 Å². The molecule has 0 radical (unpaired) electrons. The van der Waals surface area contributed by atoms with Crippen LogP contribution in [0.15, 0.2) is 53.4 Å². The second-order valence-electron chi connectivity index (χ2n) is 5.84. The van der Waals surface area contributed by atoms with Crippen molar-refractivity contribution in [2.45, 2.75) is 24.2 Å². The molecule has 24 heavy (non-hydrogen) atoms. The maximum atomic E-state index is 12.5. The summed E-state index contributed by atoms with van der Waals surface area (Å²) in [6.07, 6.45) is 0.202. The summed E-state index contributed by atoms with van der Waals surface area (Å²) in [4.78, 5) is 25.4. The molecule has 1 heterocycles. The van der Waals surface area contributed by atoms with Gasteiger partial charge in [0.05, 0.1) is 5.92 Å². The van der Waals surface area contributed by atoms with Gasteiger partial charge in [0.15, 0.2) is 0 Å². The molecule has 1 aliphatic rings. The maximum absolute atomic E-state index is 12.5. The van der Waals surface area contributed by atoms with Gasteiger partial charge in [-0.3, -0.25) is 9.59 Å². The number of hydrogen-bond donors (Lipinski definition) is 2. The highest BCUT2D eigenvalue weighted by molar-refractivity contribution is 7.99. The first-order valence-electron chi connectivity index (χ1n) is 7.99. The number of anilines is 1. The summed E-state index contributed by atoms with van der Waals surface area (Å²) < 4.78 is 0. The lowest BCUT2D eigenvalue weighted by molar-refractivity contribution is -0.126. The second kappa shape index (κ2) is 7.53. The molecule has 3 rings (SSSR count). The molecular weight excluding hydrogens is 320 g/mol. The van der Waals surface area contributed by atoms with E-state index in [0.717, 1.165) is 17.0 Å². The summed E-state index contributed by atoms with van der Waals surface area (Å²) in [5, 5.41) is 5.77. The second-order valence-corrected chi connectivity index (χ2v) is 7.01. The van der Waals surface area contributed by atoms with Crippen LogP contribution < -0.4 is 10.6 Å². The molecule has 0 aliphatic carbocycles. The number of thioether (sulfide) groups is 1. The molecule has 0 saturated carbocycles. The van der Waals surface area contributed by atoms with E-state index in [0.29, 0.717) is 6.54 Å². The van der Waals surface area contributed by atoms with Crippen molar-refractivity contribution in [3.63, 3.8) is 0 Å². The third kappa shape index (κ3) is 3.97. The Labute approximate surface area is 146 Å².